The number of likely N-dealkylation sites (tertiary alicyclic amines) is 1. The average Bonchev–Trinajstić information content (AvgIpc) is 2.27. The number of rotatable bonds is 3. The van der Waals surface area contributed by atoms with Gasteiger partial charge in [-0.25, -0.2) is 8.78 Å². The lowest BCUT2D eigenvalue weighted by Gasteiger charge is -2.34. The molecule has 0 N–H and O–H groups in total. The largest absolute Gasteiger partial charge is 0.298 e. The SMILES string of the molecule is CC(=O)C1CCCCN1Cc1cc(F)cc(F)c1. The minimum atomic E-state index is -0.568. The van der Waals surface area contributed by atoms with Gasteiger partial charge in [-0.3, -0.25) is 9.69 Å². The Morgan fingerprint density at radius 1 is 1.28 bits per heavy atom. The van der Waals surface area contributed by atoms with Gasteiger partial charge in [0.2, 0.25) is 0 Å². The van der Waals surface area contributed by atoms with Crippen LogP contribution >= 0.6 is 0 Å². The normalized spacial score (nSPS) is 20.9. The second kappa shape index (κ2) is 5.57. The molecule has 1 heterocycles. The Labute approximate surface area is 106 Å². The van der Waals surface area contributed by atoms with E-state index in [2.05, 4.69) is 0 Å². The van der Waals surface area contributed by atoms with Crippen molar-refractivity contribution in [3.63, 3.8) is 0 Å². The summed E-state index contributed by atoms with van der Waals surface area (Å²) in [6.45, 7) is 2.82. The Hall–Kier alpha value is -1.29. The van der Waals surface area contributed by atoms with Crippen LogP contribution in [0, 0.1) is 11.6 Å². The van der Waals surface area contributed by atoms with Crippen molar-refractivity contribution in [3.05, 3.63) is 35.4 Å². The number of ketones is 1. The first-order valence-corrected chi connectivity index (χ1v) is 6.26. The summed E-state index contributed by atoms with van der Waals surface area (Å²) in [5.74, 6) is -1.01. The topological polar surface area (TPSA) is 20.3 Å². The fourth-order valence-electron chi connectivity index (χ4n) is 2.58. The smallest absolute Gasteiger partial charge is 0.146 e. The number of hydrogen-bond donors (Lipinski definition) is 0. The Morgan fingerprint density at radius 3 is 2.56 bits per heavy atom. The summed E-state index contributed by atoms with van der Waals surface area (Å²) in [4.78, 5) is 13.6. The van der Waals surface area contributed by atoms with E-state index < -0.39 is 11.6 Å². The van der Waals surface area contributed by atoms with Gasteiger partial charge >= 0.3 is 0 Å². The minimum absolute atomic E-state index is 0.106. The molecule has 1 aromatic rings. The predicted octanol–water partition coefficient (Wildman–Crippen LogP) is 2.91. The van der Waals surface area contributed by atoms with Crippen LogP contribution in [0.2, 0.25) is 0 Å². The summed E-state index contributed by atoms with van der Waals surface area (Å²) in [6, 6.07) is 3.41. The maximum absolute atomic E-state index is 13.1. The van der Waals surface area contributed by atoms with Gasteiger partial charge < -0.3 is 0 Å². The first-order chi connectivity index (χ1) is 8.56. The van der Waals surface area contributed by atoms with Crippen LogP contribution in [0.15, 0.2) is 18.2 Å². The number of benzene rings is 1. The third-order valence-corrected chi connectivity index (χ3v) is 3.39. The lowest BCUT2D eigenvalue weighted by molar-refractivity contribution is -0.123. The summed E-state index contributed by atoms with van der Waals surface area (Å²) >= 11 is 0. The molecule has 1 aliphatic rings. The zero-order chi connectivity index (χ0) is 13.1. The van der Waals surface area contributed by atoms with Crippen LogP contribution < -0.4 is 0 Å². The van der Waals surface area contributed by atoms with Gasteiger partial charge in [0, 0.05) is 12.6 Å². The lowest BCUT2D eigenvalue weighted by Crippen LogP contribution is -2.43. The molecule has 0 amide bonds. The molecule has 18 heavy (non-hydrogen) atoms. The molecule has 1 atom stereocenters. The van der Waals surface area contributed by atoms with Crippen molar-refractivity contribution in [1.82, 2.24) is 4.90 Å². The first kappa shape index (κ1) is 13.1. The monoisotopic (exact) mass is 253 g/mol. The van der Waals surface area contributed by atoms with E-state index in [0.717, 1.165) is 31.9 Å². The summed E-state index contributed by atoms with van der Waals surface area (Å²) < 4.78 is 26.2. The first-order valence-electron chi connectivity index (χ1n) is 6.26. The van der Waals surface area contributed by atoms with Crippen molar-refractivity contribution in [2.75, 3.05) is 6.54 Å². The van der Waals surface area contributed by atoms with Crippen molar-refractivity contribution < 1.29 is 13.6 Å². The van der Waals surface area contributed by atoms with E-state index in [1.54, 1.807) is 6.92 Å². The van der Waals surface area contributed by atoms with Crippen LogP contribution in [0.5, 0.6) is 0 Å². The molecule has 2 nitrogen and oxygen atoms in total. The maximum Gasteiger partial charge on any atom is 0.146 e. The molecule has 0 radical (unpaired) electrons. The Kier molecular flexibility index (Phi) is 4.07. The molecule has 4 heteroatoms. The summed E-state index contributed by atoms with van der Waals surface area (Å²) in [6.07, 6.45) is 2.91. The standard InChI is InChI=1S/C14H17F2NO/c1-10(18)14-4-2-3-5-17(14)9-11-6-12(15)8-13(16)7-11/h6-8,14H,2-5,9H2,1H3. The molecule has 1 aliphatic heterocycles. The third kappa shape index (κ3) is 3.13. The maximum atomic E-state index is 13.1. The Morgan fingerprint density at radius 2 is 1.94 bits per heavy atom. The molecule has 0 spiro atoms. The number of carbonyl (C=O) groups is 1. The molecule has 1 aromatic carbocycles. The molecule has 0 saturated carbocycles. The van der Waals surface area contributed by atoms with Gasteiger partial charge in [-0.05, 0) is 44.0 Å². The third-order valence-electron chi connectivity index (χ3n) is 3.39. The van der Waals surface area contributed by atoms with Crippen molar-refractivity contribution >= 4 is 5.78 Å². The van der Waals surface area contributed by atoms with Crippen LogP contribution in [0.1, 0.15) is 31.7 Å². The number of Topliss-reactive ketones (excluding diaryl/α,β-unsaturated/α-hetero) is 1. The predicted molar refractivity (Wildman–Crippen MR) is 65.1 cm³/mol. The van der Waals surface area contributed by atoms with Crippen molar-refractivity contribution in [2.24, 2.45) is 0 Å². The van der Waals surface area contributed by atoms with Gasteiger partial charge in [0.1, 0.15) is 17.4 Å². The summed E-state index contributed by atoms with van der Waals surface area (Å²) in [5.41, 5.74) is 0.584. The molecule has 98 valence electrons. The molecule has 0 aliphatic carbocycles. The second-order valence-electron chi connectivity index (χ2n) is 4.87. The van der Waals surface area contributed by atoms with Gasteiger partial charge in [-0.15, -0.1) is 0 Å². The van der Waals surface area contributed by atoms with Crippen LogP contribution in [0.3, 0.4) is 0 Å². The Balaban J connectivity index is 2.13. The van der Waals surface area contributed by atoms with Crippen molar-refractivity contribution in [3.8, 4) is 0 Å². The summed E-state index contributed by atoms with van der Waals surface area (Å²) in [5, 5.41) is 0. The molecular formula is C14H17F2NO. The lowest BCUT2D eigenvalue weighted by atomic mass is 9.98. The van der Waals surface area contributed by atoms with Crippen LogP contribution in [-0.4, -0.2) is 23.3 Å². The van der Waals surface area contributed by atoms with E-state index in [-0.39, 0.29) is 11.8 Å². The van der Waals surface area contributed by atoms with Gasteiger partial charge in [-0.2, -0.15) is 0 Å². The fourth-order valence-corrected chi connectivity index (χ4v) is 2.58. The molecule has 2 rings (SSSR count). The Bertz CT molecular complexity index is 427. The average molecular weight is 253 g/mol. The van der Waals surface area contributed by atoms with Gasteiger partial charge in [-0.1, -0.05) is 6.42 Å². The number of halogens is 2. The van der Waals surface area contributed by atoms with Gasteiger partial charge in [0.25, 0.3) is 0 Å². The second-order valence-corrected chi connectivity index (χ2v) is 4.87. The van der Waals surface area contributed by atoms with Gasteiger partial charge in [0.05, 0.1) is 6.04 Å². The van der Waals surface area contributed by atoms with E-state index in [0.29, 0.717) is 12.1 Å². The molecule has 1 fully saturated rings. The van der Waals surface area contributed by atoms with Crippen molar-refractivity contribution in [1.29, 1.82) is 0 Å². The zero-order valence-corrected chi connectivity index (χ0v) is 10.5. The highest BCUT2D eigenvalue weighted by molar-refractivity contribution is 5.81. The molecular weight excluding hydrogens is 236 g/mol. The summed E-state index contributed by atoms with van der Waals surface area (Å²) in [7, 11) is 0. The number of hydrogen-bond acceptors (Lipinski definition) is 2. The van der Waals surface area contributed by atoms with Crippen LogP contribution in [0.4, 0.5) is 8.78 Å². The molecule has 0 bridgehead atoms. The van der Waals surface area contributed by atoms with E-state index in [1.807, 2.05) is 4.90 Å². The highest BCUT2D eigenvalue weighted by Gasteiger charge is 2.25. The van der Waals surface area contributed by atoms with Gasteiger partial charge in [0.15, 0.2) is 0 Å². The number of carbonyl (C=O) groups excluding carboxylic acids is 1. The van der Waals surface area contributed by atoms with Crippen molar-refractivity contribution in [2.45, 2.75) is 38.8 Å². The molecule has 0 aromatic heterocycles. The fraction of sp³-hybridized carbons (Fsp3) is 0.500. The highest BCUT2D eigenvalue weighted by atomic mass is 19.1. The minimum Gasteiger partial charge on any atom is -0.298 e. The molecule has 1 saturated heterocycles. The van der Waals surface area contributed by atoms with Crippen LogP contribution in [-0.2, 0) is 11.3 Å². The number of piperidine rings is 1. The van der Waals surface area contributed by atoms with E-state index in [9.17, 15) is 13.6 Å². The van der Waals surface area contributed by atoms with Crippen LogP contribution in [0.25, 0.3) is 0 Å². The zero-order valence-electron chi connectivity index (χ0n) is 10.5. The number of nitrogens with zero attached hydrogens (tertiary/aromatic N) is 1. The molecule has 1 unspecified atom stereocenters. The quantitative estimate of drug-likeness (QED) is 0.825. The van der Waals surface area contributed by atoms with E-state index in [1.165, 1.54) is 12.1 Å². The highest BCUT2D eigenvalue weighted by Crippen LogP contribution is 2.21. The van der Waals surface area contributed by atoms with E-state index in [4.69, 9.17) is 0 Å². The van der Waals surface area contributed by atoms with E-state index >= 15 is 0 Å².